The summed E-state index contributed by atoms with van der Waals surface area (Å²) in [5.74, 6) is -0.340. The number of H-pyrrole nitrogens is 1. The van der Waals surface area contributed by atoms with Gasteiger partial charge in [0.05, 0.1) is 12.7 Å². The maximum absolute atomic E-state index is 11.6. The zero-order valence-corrected chi connectivity index (χ0v) is 10.4. The Bertz CT molecular complexity index is 541. The number of nitrogens with one attached hydrogen (secondary N) is 2. The normalized spacial score (nSPS) is 19.9. The molecule has 1 fully saturated rings. The van der Waals surface area contributed by atoms with Gasteiger partial charge in [0, 0.05) is 7.05 Å². The molecule has 2 N–H and O–H groups in total. The van der Waals surface area contributed by atoms with Crippen molar-refractivity contribution >= 4 is 33.6 Å². The van der Waals surface area contributed by atoms with E-state index in [1.165, 1.54) is 13.4 Å². The van der Waals surface area contributed by atoms with Gasteiger partial charge in [-0.2, -0.15) is 0 Å². The standard InChI is InChI=1S/C9H9BrN4O3/c1-14-5(15)2-4(9(14)17)13-7-6(10)8(16)12-3-11-7/h3-4H,2H2,1H3,(H2,11,12,13,16). The van der Waals surface area contributed by atoms with Gasteiger partial charge in [0.25, 0.3) is 11.5 Å². The van der Waals surface area contributed by atoms with Gasteiger partial charge in [-0.15, -0.1) is 0 Å². The second-order valence-electron chi connectivity index (χ2n) is 3.59. The average molecular weight is 301 g/mol. The van der Waals surface area contributed by atoms with E-state index in [1.54, 1.807) is 0 Å². The molecular formula is C9H9BrN4O3. The lowest BCUT2D eigenvalue weighted by atomic mass is 10.2. The van der Waals surface area contributed by atoms with Crippen molar-refractivity contribution in [2.24, 2.45) is 0 Å². The van der Waals surface area contributed by atoms with Crippen LogP contribution < -0.4 is 10.9 Å². The first-order valence-corrected chi connectivity index (χ1v) is 5.60. The van der Waals surface area contributed by atoms with E-state index in [0.29, 0.717) is 0 Å². The Morgan fingerprint density at radius 2 is 2.24 bits per heavy atom. The molecule has 7 nitrogen and oxygen atoms in total. The second kappa shape index (κ2) is 4.28. The Kier molecular flexibility index (Phi) is 2.97. The highest BCUT2D eigenvalue weighted by Gasteiger charge is 2.36. The topological polar surface area (TPSA) is 95.2 Å². The molecule has 0 aromatic carbocycles. The molecule has 1 aromatic heterocycles. The summed E-state index contributed by atoms with van der Waals surface area (Å²) < 4.78 is 0.204. The third-order valence-electron chi connectivity index (χ3n) is 2.49. The third kappa shape index (κ3) is 2.07. The fourth-order valence-electron chi connectivity index (χ4n) is 1.52. The van der Waals surface area contributed by atoms with Crippen LogP contribution >= 0.6 is 15.9 Å². The van der Waals surface area contributed by atoms with Gasteiger partial charge in [0.2, 0.25) is 5.91 Å². The van der Waals surface area contributed by atoms with E-state index in [2.05, 4.69) is 31.2 Å². The van der Waals surface area contributed by atoms with Crippen LogP contribution in [0.15, 0.2) is 15.6 Å². The molecule has 0 bridgehead atoms. The van der Waals surface area contributed by atoms with Crippen molar-refractivity contribution in [1.29, 1.82) is 0 Å². The number of aromatic nitrogens is 2. The summed E-state index contributed by atoms with van der Waals surface area (Å²) in [6.07, 6.45) is 1.29. The summed E-state index contributed by atoms with van der Waals surface area (Å²) in [6.45, 7) is 0. The molecule has 1 aliphatic rings. The number of likely N-dealkylation sites (N-methyl/N-ethyl adjacent to an activating group) is 1. The molecule has 8 heteroatoms. The molecule has 17 heavy (non-hydrogen) atoms. The van der Waals surface area contributed by atoms with E-state index in [0.717, 1.165) is 4.90 Å². The summed E-state index contributed by atoms with van der Waals surface area (Å²) in [7, 11) is 1.42. The van der Waals surface area contributed by atoms with Gasteiger partial charge in [-0.25, -0.2) is 4.98 Å². The Labute approximate surface area is 104 Å². The Hall–Kier alpha value is -1.70. The lowest BCUT2D eigenvalue weighted by Crippen LogP contribution is -2.32. The molecule has 1 atom stereocenters. The third-order valence-corrected chi connectivity index (χ3v) is 3.22. The highest BCUT2D eigenvalue weighted by molar-refractivity contribution is 9.10. The lowest BCUT2D eigenvalue weighted by molar-refractivity contribution is -0.136. The number of carbonyl (C=O) groups is 2. The van der Waals surface area contributed by atoms with Gasteiger partial charge >= 0.3 is 0 Å². The molecule has 0 radical (unpaired) electrons. The molecular weight excluding hydrogens is 292 g/mol. The van der Waals surface area contributed by atoms with Gasteiger partial charge < -0.3 is 10.3 Å². The summed E-state index contributed by atoms with van der Waals surface area (Å²) in [6, 6.07) is -0.668. The van der Waals surface area contributed by atoms with Crippen LogP contribution in [0.2, 0.25) is 0 Å². The molecule has 1 aliphatic heterocycles. The van der Waals surface area contributed by atoms with Crippen LogP contribution in [0.3, 0.4) is 0 Å². The highest BCUT2D eigenvalue weighted by atomic mass is 79.9. The van der Waals surface area contributed by atoms with E-state index in [-0.39, 0.29) is 34.1 Å². The van der Waals surface area contributed by atoms with E-state index in [1.807, 2.05) is 0 Å². The van der Waals surface area contributed by atoms with Crippen LogP contribution in [0.1, 0.15) is 6.42 Å². The van der Waals surface area contributed by atoms with Crippen molar-refractivity contribution in [3.8, 4) is 0 Å². The van der Waals surface area contributed by atoms with E-state index >= 15 is 0 Å². The van der Waals surface area contributed by atoms with Gasteiger partial charge in [0.1, 0.15) is 16.3 Å². The maximum Gasteiger partial charge on any atom is 0.267 e. The average Bonchev–Trinajstić information content (AvgIpc) is 2.53. The molecule has 2 amide bonds. The van der Waals surface area contributed by atoms with Crippen LogP contribution in [0.5, 0.6) is 0 Å². The minimum Gasteiger partial charge on any atom is -0.357 e. The number of imide groups is 1. The Morgan fingerprint density at radius 1 is 1.53 bits per heavy atom. The van der Waals surface area contributed by atoms with Crippen LogP contribution in [-0.2, 0) is 9.59 Å². The number of likely N-dealkylation sites (tertiary alicyclic amines) is 1. The van der Waals surface area contributed by atoms with Crippen molar-refractivity contribution in [2.45, 2.75) is 12.5 Å². The second-order valence-corrected chi connectivity index (χ2v) is 4.38. The zero-order valence-electron chi connectivity index (χ0n) is 8.86. The Balaban J connectivity index is 2.23. The van der Waals surface area contributed by atoms with Crippen LogP contribution in [0.4, 0.5) is 5.82 Å². The maximum atomic E-state index is 11.6. The minimum absolute atomic E-state index is 0.0657. The first kappa shape index (κ1) is 11.8. The molecule has 2 heterocycles. The minimum atomic E-state index is -0.668. The molecule has 0 spiro atoms. The van der Waals surface area contributed by atoms with Crippen LogP contribution in [0.25, 0.3) is 0 Å². The largest absolute Gasteiger partial charge is 0.357 e. The predicted octanol–water partition coefficient (Wildman–Crippen LogP) is -0.298. The first-order chi connectivity index (χ1) is 8.00. The molecule has 1 unspecified atom stereocenters. The molecule has 1 aromatic rings. The van der Waals surface area contributed by atoms with Crippen molar-refractivity contribution < 1.29 is 9.59 Å². The number of nitrogens with zero attached hydrogens (tertiary/aromatic N) is 2. The smallest absolute Gasteiger partial charge is 0.267 e. The van der Waals surface area contributed by atoms with E-state index < -0.39 is 6.04 Å². The van der Waals surface area contributed by atoms with E-state index in [9.17, 15) is 14.4 Å². The monoisotopic (exact) mass is 300 g/mol. The fraction of sp³-hybridized carbons (Fsp3) is 0.333. The van der Waals surface area contributed by atoms with Gasteiger partial charge in [0.15, 0.2) is 0 Å². The Morgan fingerprint density at radius 3 is 2.82 bits per heavy atom. The number of halogens is 1. The summed E-state index contributed by atoms with van der Waals surface area (Å²) in [5, 5.41) is 2.77. The van der Waals surface area contributed by atoms with Crippen molar-refractivity contribution in [3.63, 3.8) is 0 Å². The highest BCUT2D eigenvalue weighted by Crippen LogP contribution is 2.19. The number of hydrogen-bond acceptors (Lipinski definition) is 5. The lowest BCUT2D eigenvalue weighted by Gasteiger charge is -2.11. The van der Waals surface area contributed by atoms with E-state index in [4.69, 9.17) is 0 Å². The number of carbonyl (C=O) groups excluding carboxylic acids is 2. The first-order valence-electron chi connectivity index (χ1n) is 4.81. The molecule has 0 saturated carbocycles. The van der Waals surface area contributed by atoms with Gasteiger partial charge in [-0.05, 0) is 15.9 Å². The van der Waals surface area contributed by atoms with Crippen molar-refractivity contribution in [1.82, 2.24) is 14.9 Å². The number of hydrogen-bond donors (Lipinski definition) is 2. The van der Waals surface area contributed by atoms with Crippen molar-refractivity contribution in [3.05, 3.63) is 21.2 Å². The summed E-state index contributed by atoms with van der Waals surface area (Å²) >= 11 is 3.06. The fourth-order valence-corrected chi connectivity index (χ4v) is 1.85. The zero-order chi connectivity index (χ0) is 12.6. The SMILES string of the molecule is CN1C(=O)CC(Nc2nc[nH]c(=O)c2Br)C1=O. The number of aromatic amines is 1. The molecule has 1 saturated heterocycles. The van der Waals surface area contributed by atoms with Crippen LogP contribution in [0, 0.1) is 0 Å². The summed E-state index contributed by atoms with van der Waals surface area (Å²) in [4.78, 5) is 41.5. The van der Waals surface area contributed by atoms with Crippen molar-refractivity contribution in [2.75, 3.05) is 12.4 Å². The van der Waals surface area contributed by atoms with Crippen LogP contribution in [-0.4, -0.2) is 39.8 Å². The predicted molar refractivity (Wildman–Crippen MR) is 62.4 cm³/mol. The molecule has 90 valence electrons. The number of rotatable bonds is 2. The number of amides is 2. The van der Waals surface area contributed by atoms with Gasteiger partial charge in [-0.3, -0.25) is 19.3 Å². The molecule has 0 aliphatic carbocycles. The summed E-state index contributed by atoms with van der Waals surface area (Å²) in [5.41, 5.74) is -0.354. The quantitative estimate of drug-likeness (QED) is 0.731. The molecule has 2 rings (SSSR count). The number of anilines is 1. The van der Waals surface area contributed by atoms with Gasteiger partial charge in [-0.1, -0.05) is 0 Å².